The van der Waals surface area contributed by atoms with E-state index >= 15 is 0 Å². The quantitative estimate of drug-likeness (QED) is 0.475. The number of benzene rings is 1. The molecule has 1 aromatic carbocycles. The Hall–Kier alpha value is -2.78. The molecule has 4 heterocycles. The van der Waals surface area contributed by atoms with Crippen molar-refractivity contribution >= 4 is 33.5 Å². The summed E-state index contributed by atoms with van der Waals surface area (Å²) in [5.41, 5.74) is 1.82. The third-order valence-electron chi connectivity index (χ3n) is 5.13. The molecule has 0 unspecified atom stereocenters. The fraction of sp³-hybridized carbons (Fsp3) is 0.250. The number of carbonyl (C=O) groups excluding carboxylic acids is 1. The van der Waals surface area contributed by atoms with Gasteiger partial charge in [0.15, 0.2) is 16.5 Å². The Balaban J connectivity index is 1.48. The zero-order valence-corrected chi connectivity index (χ0v) is 17.2. The van der Waals surface area contributed by atoms with E-state index in [0.717, 1.165) is 17.8 Å². The van der Waals surface area contributed by atoms with Crippen LogP contribution in [0, 0.1) is 5.82 Å². The molecule has 1 aliphatic heterocycles. The van der Waals surface area contributed by atoms with Crippen LogP contribution in [0.5, 0.6) is 5.75 Å². The van der Waals surface area contributed by atoms with E-state index < -0.39 is 5.82 Å². The number of hydrogen-bond acceptors (Lipinski definition) is 6. The van der Waals surface area contributed by atoms with Crippen LogP contribution in [0.1, 0.15) is 34.4 Å². The summed E-state index contributed by atoms with van der Waals surface area (Å²) in [6.45, 7) is 0.714. The molecule has 0 bridgehead atoms. The second-order valence-corrected chi connectivity index (χ2v) is 8.54. The molecule has 1 atom stereocenters. The SMILES string of the molecule is COc1ccc(-c2cn3c(C(=O)N4CCC[C@@H]4c4nccs4)csc3n2)cc1F. The lowest BCUT2D eigenvalue weighted by Crippen LogP contribution is -2.31. The van der Waals surface area contributed by atoms with Crippen LogP contribution in [0.2, 0.25) is 0 Å². The Morgan fingerprint density at radius 2 is 2.24 bits per heavy atom. The first-order valence-electron chi connectivity index (χ1n) is 9.16. The lowest BCUT2D eigenvalue weighted by atomic mass is 10.1. The van der Waals surface area contributed by atoms with E-state index in [-0.39, 0.29) is 17.7 Å². The molecule has 9 heteroatoms. The van der Waals surface area contributed by atoms with Crippen molar-refractivity contribution in [3.63, 3.8) is 0 Å². The molecule has 1 fully saturated rings. The molecule has 3 aromatic heterocycles. The van der Waals surface area contributed by atoms with Crippen molar-refractivity contribution < 1.29 is 13.9 Å². The van der Waals surface area contributed by atoms with Crippen molar-refractivity contribution in [3.05, 3.63) is 57.9 Å². The molecule has 1 aliphatic rings. The third kappa shape index (κ3) is 3.10. The van der Waals surface area contributed by atoms with Crippen molar-refractivity contribution in [1.82, 2.24) is 19.3 Å². The second kappa shape index (κ2) is 7.23. The lowest BCUT2D eigenvalue weighted by Gasteiger charge is -2.22. The predicted molar refractivity (Wildman–Crippen MR) is 110 cm³/mol. The Kier molecular flexibility index (Phi) is 4.56. The Morgan fingerprint density at radius 3 is 3.00 bits per heavy atom. The third-order valence-corrected chi connectivity index (χ3v) is 6.84. The highest BCUT2D eigenvalue weighted by Crippen LogP contribution is 2.35. The van der Waals surface area contributed by atoms with Crippen LogP contribution >= 0.6 is 22.7 Å². The number of fused-ring (bicyclic) bond motifs is 1. The number of carbonyl (C=O) groups is 1. The van der Waals surface area contributed by atoms with Gasteiger partial charge in [-0.2, -0.15) is 0 Å². The number of hydrogen-bond donors (Lipinski definition) is 0. The van der Waals surface area contributed by atoms with Crippen LogP contribution in [0.25, 0.3) is 16.2 Å². The van der Waals surface area contributed by atoms with Gasteiger partial charge in [-0.1, -0.05) is 0 Å². The Bertz CT molecular complexity index is 1180. The number of nitrogens with zero attached hydrogens (tertiary/aromatic N) is 4. The minimum atomic E-state index is -0.444. The fourth-order valence-corrected chi connectivity index (χ4v) is 5.35. The van der Waals surface area contributed by atoms with Crippen molar-refractivity contribution in [2.75, 3.05) is 13.7 Å². The van der Waals surface area contributed by atoms with Gasteiger partial charge >= 0.3 is 0 Å². The molecule has 6 nitrogen and oxygen atoms in total. The van der Waals surface area contributed by atoms with E-state index in [0.29, 0.717) is 28.5 Å². The molecule has 148 valence electrons. The molecule has 0 saturated carbocycles. The monoisotopic (exact) mass is 428 g/mol. The molecule has 29 heavy (non-hydrogen) atoms. The standard InChI is InChI=1S/C20H17FN4O2S2/c1-27-17-5-4-12(9-13(17)21)14-10-25-16(11-29-20(25)23-14)19(26)24-7-2-3-15(24)18-22-6-8-28-18/h4-6,8-11,15H,2-3,7H2,1H3/t15-/m1/s1. The van der Waals surface area contributed by atoms with Crippen LogP contribution in [-0.4, -0.2) is 38.8 Å². The van der Waals surface area contributed by atoms with Gasteiger partial charge in [0.05, 0.1) is 18.8 Å². The van der Waals surface area contributed by atoms with E-state index in [2.05, 4.69) is 9.97 Å². The molecular weight excluding hydrogens is 411 g/mol. The van der Waals surface area contributed by atoms with Gasteiger partial charge in [-0.15, -0.1) is 22.7 Å². The average molecular weight is 429 g/mol. The molecule has 5 rings (SSSR count). The maximum absolute atomic E-state index is 14.1. The maximum Gasteiger partial charge on any atom is 0.272 e. The fourth-order valence-electron chi connectivity index (χ4n) is 3.72. The molecule has 0 spiro atoms. The number of methoxy groups -OCH3 is 1. The minimum Gasteiger partial charge on any atom is -0.494 e. The van der Waals surface area contributed by atoms with E-state index in [9.17, 15) is 9.18 Å². The highest BCUT2D eigenvalue weighted by atomic mass is 32.1. The Morgan fingerprint density at radius 1 is 1.34 bits per heavy atom. The molecule has 0 radical (unpaired) electrons. The van der Waals surface area contributed by atoms with Gasteiger partial charge in [-0.3, -0.25) is 9.20 Å². The first kappa shape index (κ1) is 18.3. The topological polar surface area (TPSA) is 59.7 Å². The summed E-state index contributed by atoms with van der Waals surface area (Å²) < 4.78 is 20.9. The first-order chi connectivity index (χ1) is 14.2. The molecule has 1 saturated heterocycles. The van der Waals surface area contributed by atoms with Crippen molar-refractivity contribution in [2.24, 2.45) is 0 Å². The lowest BCUT2D eigenvalue weighted by molar-refractivity contribution is 0.0728. The van der Waals surface area contributed by atoms with Crippen molar-refractivity contribution in [3.8, 4) is 17.0 Å². The van der Waals surface area contributed by atoms with Gasteiger partial charge in [-0.25, -0.2) is 14.4 Å². The number of halogens is 1. The van der Waals surface area contributed by atoms with Crippen LogP contribution in [0.4, 0.5) is 4.39 Å². The minimum absolute atomic E-state index is 0.0242. The number of imidazole rings is 1. The van der Waals surface area contributed by atoms with Crippen LogP contribution in [0.3, 0.4) is 0 Å². The predicted octanol–water partition coefficient (Wildman–Crippen LogP) is 4.64. The number of thiazole rings is 2. The smallest absolute Gasteiger partial charge is 0.272 e. The molecular formula is C20H17FN4O2S2. The first-order valence-corrected chi connectivity index (χ1v) is 10.9. The van der Waals surface area contributed by atoms with E-state index in [1.807, 2.05) is 15.7 Å². The molecule has 0 N–H and O–H groups in total. The summed E-state index contributed by atoms with van der Waals surface area (Å²) in [6.07, 6.45) is 5.45. The second-order valence-electron chi connectivity index (χ2n) is 6.78. The Labute approximate surface area is 174 Å². The molecule has 0 aliphatic carbocycles. The average Bonchev–Trinajstić information content (AvgIpc) is 3.51. The number of likely N-dealkylation sites (tertiary alicyclic amines) is 1. The summed E-state index contributed by atoms with van der Waals surface area (Å²) >= 11 is 2.98. The van der Waals surface area contributed by atoms with Gasteiger partial charge in [0.2, 0.25) is 0 Å². The van der Waals surface area contributed by atoms with Gasteiger partial charge < -0.3 is 9.64 Å². The van der Waals surface area contributed by atoms with Crippen molar-refractivity contribution in [1.29, 1.82) is 0 Å². The van der Waals surface area contributed by atoms with E-state index in [1.54, 1.807) is 40.3 Å². The maximum atomic E-state index is 14.1. The summed E-state index contributed by atoms with van der Waals surface area (Å²) in [5, 5.41) is 4.75. The summed E-state index contributed by atoms with van der Waals surface area (Å²) in [6, 6.07) is 4.75. The summed E-state index contributed by atoms with van der Waals surface area (Å²) in [4.78, 5) is 24.9. The van der Waals surface area contributed by atoms with Gasteiger partial charge in [-0.05, 0) is 31.0 Å². The van der Waals surface area contributed by atoms with Gasteiger partial charge in [0, 0.05) is 35.3 Å². The number of amides is 1. The zero-order valence-electron chi connectivity index (χ0n) is 15.5. The molecule has 1 amide bonds. The number of aromatic nitrogens is 3. The van der Waals surface area contributed by atoms with Crippen LogP contribution < -0.4 is 4.74 Å². The zero-order chi connectivity index (χ0) is 20.0. The highest BCUT2D eigenvalue weighted by molar-refractivity contribution is 7.15. The highest BCUT2D eigenvalue weighted by Gasteiger charge is 2.33. The van der Waals surface area contributed by atoms with Gasteiger partial charge in [0.25, 0.3) is 5.91 Å². The van der Waals surface area contributed by atoms with E-state index in [4.69, 9.17) is 4.74 Å². The largest absolute Gasteiger partial charge is 0.494 e. The number of ether oxygens (including phenoxy) is 1. The van der Waals surface area contributed by atoms with Crippen LogP contribution in [0.15, 0.2) is 41.4 Å². The number of rotatable bonds is 4. The van der Waals surface area contributed by atoms with Gasteiger partial charge in [0.1, 0.15) is 10.7 Å². The summed E-state index contributed by atoms with van der Waals surface area (Å²) in [5.74, 6) is -0.285. The van der Waals surface area contributed by atoms with E-state index in [1.165, 1.54) is 24.5 Å². The van der Waals surface area contributed by atoms with Crippen molar-refractivity contribution in [2.45, 2.75) is 18.9 Å². The molecule has 4 aromatic rings. The normalized spacial score (nSPS) is 16.6. The summed E-state index contributed by atoms with van der Waals surface area (Å²) in [7, 11) is 1.43. The van der Waals surface area contributed by atoms with Crippen LogP contribution in [-0.2, 0) is 0 Å².